The second-order valence-corrected chi connectivity index (χ2v) is 9.12. The van der Waals surface area contributed by atoms with Gasteiger partial charge in [-0.15, -0.1) is 0 Å². The van der Waals surface area contributed by atoms with Crippen molar-refractivity contribution in [3.8, 4) is 0 Å². The zero-order valence-electron chi connectivity index (χ0n) is 20.6. The van der Waals surface area contributed by atoms with Crippen LogP contribution in [-0.2, 0) is 9.68 Å². The topological polar surface area (TPSA) is 191 Å². The normalized spacial score (nSPS) is 11.5. The summed E-state index contributed by atoms with van der Waals surface area (Å²) in [4.78, 5) is 60.4. The van der Waals surface area contributed by atoms with Crippen molar-refractivity contribution >= 4 is 66.6 Å². The maximum absolute atomic E-state index is 13.0. The number of aryl methyl sites for hydroxylation is 2. The summed E-state index contributed by atoms with van der Waals surface area (Å²) in [6, 6.07) is 9.92. The van der Waals surface area contributed by atoms with Crippen molar-refractivity contribution < 1.29 is 28.9 Å². The van der Waals surface area contributed by atoms with Gasteiger partial charge in [0, 0.05) is 21.9 Å². The fourth-order valence-corrected chi connectivity index (χ4v) is 5.64. The number of nitrogens with two attached hydrogens (primary N) is 4. The van der Waals surface area contributed by atoms with Gasteiger partial charge >= 0.3 is 11.9 Å². The summed E-state index contributed by atoms with van der Waals surface area (Å²) in [5.41, 5.74) is 13.6. The van der Waals surface area contributed by atoms with E-state index in [1.165, 1.54) is 6.07 Å². The number of carbonyl (C=O) groups is 4. The van der Waals surface area contributed by atoms with E-state index >= 15 is 0 Å². The van der Waals surface area contributed by atoms with E-state index in [9.17, 15) is 19.2 Å². The van der Waals surface area contributed by atoms with Crippen LogP contribution in [0.25, 0.3) is 43.1 Å². The molecule has 0 spiro atoms. The number of Topliss-reactive ketones (excluding diaryl/α,β-unsaturated/α-hetero) is 2. The van der Waals surface area contributed by atoms with E-state index in [1.807, 2.05) is 6.92 Å². The summed E-state index contributed by atoms with van der Waals surface area (Å²) < 4.78 is 0. The lowest BCUT2D eigenvalue weighted by Crippen LogP contribution is -2.18. The zero-order chi connectivity index (χ0) is 27.5. The van der Waals surface area contributed by atoms with Gasteiger partial charge in [0.2, 0.25) is 0 Å². The number of hydrogen-bond acceptors (Lipinski definition) is 10. The highest BCUT2D eigenvalue weighted by atomic mass is 16.7. The Hall–Kier alpha value is -4.48. The van der Waals surface area contributed by atoms with Gasteiger partial charge < -0.3 is 21.1 Å². The predicted molar refractivity (Wildman–Crippen MR) is 143 cm³/mol. The molecule has 10 nitrogen and oxygen atoms in total. The first kappa shape index (κ1) is 25.2. The number of benzene rings is 5. The minimum atomic E-state index is -0.849. The standard InChI is InChI=1S/C28H24N4O6/c1-11-7-17(20(34)10-30)23-13(19(33)9-29)3-4-14-22-12(2)8-18(28(36)38-32)24-16(27(35)37-31)6-5-15(26(22)24)21(11)25(14)23/h3-8H,9-10,29-32H2,1-2H3. The molecule has 10 heteroatoms. The average molecular weight is 513 g/mol. The molecular weight excluding hydrogens is 488 g/mol. The maximum atomic E-state index is 13.0. The summed E-state index contributed by atoms with van der Waals surface area (Å²) in [7, 11) is 0. The van der Waals surface area contributed by atoms with Crippen LogP contribution in [-0.4, -0.2) is 36.6 Å². The van der Waals surface area contributed by atoms with Gasteiger partial charge in [-0.25, -0.2) is 9.59 Å². The molecule has 0 atom stereocenters. The van der Waals surface area contributed by atoms with Crippen molar-refractivity contribution in [3.05, 3.63) is 69.8 Å². The molecule has 192 valence electrons. The van der Waals surface area contributed by atoms with Crippen LogP contribution in [0.1, 0.15) is 52.6 Å². The third kappa shape index (κ3) is 3.36. The van der Waals surface area contributed by atoms with E-state index in [0.717, 1.165) is 10.9 Å². The first-order valence-electron chi connectivity index (χ1n) is 11.7. The molecule has 0 aromatic heterocycles. The second kappa shape index (κ2) is 9.12. The maximum Gasteiger partial charge on any atom is 0.357 e. The Labute approximate surface area is 215 Å². The van der Waals surface area contributed by atoms with E-state index in [0.29, 0.717) is 49.0 Å². The Morgan fingerprint density at radius 1 is 0.579 bits per heavy atom. The molecule has 0 saturated carbocycles. The minimum absolute atomic E-state index is 0.0510. The predicted octanol–water partition coefficient (Wildman–Crippen LogP) is 2.70. The van der Waals surface area contributed by atoms with Crippen molar-refractivity contribution in [1.29, 1.82) is 0 Å². The summed E-state index contributed by atoms with van der Waals surface area (Å²) >= 11 is 0. The van der Waals surface area contributed by atoms with Crippen LogP contribution < -0.4 is 23.3 Å². The number of hydrogen-bond donors (Lipinski definition) is 4. The first-order chi connectivity index (χ1) is 18.2. The zero-order valence-corrected chi connectivity index (χ0v) is 20.6. The van der Waals surface area contributed by atoms with Crippen LogP contribution in [0.5, 0.6) is 0 Å². The van der Waals surface area contributed by atoms with Gasteiger partial charge in [-0.2, -0.15) is 11.8 Å². The molecule has 0 aliphatic carbocycles. The highest BCUT2D eigenvalue weighted by Gasteiger charge is 2.28. The average Bonchev–Trinajstić information content (AvgIpc) is 2.94. The van der Waals surface area contributed by atoms with Crippen LogP contribution >= 0.6 is 0 Å². The molecule has 0 bridgehead atoms. The van der Waals surface area contributed by atoms with Crippen LogP contribution in [0, 0.1) is 13.8 Å². The van der Waals surface area contributed by atoms with Gasteiger partial charge in [0.05, 0.1) is 24.2 Å². The van der Waals surface area contributed by atoms with Gasteiger partial charge in [-0.3, -0.25) is 9.59 Å². The molecule has 8 N–H and O–H groups in total. The van der Waals surface area contributed by atoms with Crippen LogP contribution in [0.15, 0.2) is 36.4 Å². The van der Waals surface area contributed by atoms with Crippen molar-refractivity contribution in [2.24, 2.45) is 23.3 Å². The molecular formula is C28H24N4O6. The molecule has 5 rings (SSSR count). The summed E-state index contributed by atoms with van der Waals surface area (Å²) in [5, 5.41) is 4.81. The number of carbonyl (C=O) groups excluding carboxylic acids is 4. The molecule has 0 saturated heterocycles. The Bertz CT molecular complexity index is 1720. The Morgan fingerprint density at radius 2 is 1.00 bits per heavy atom. The molecule has 0 fully saturated rings. The highest BCUT2D eigenvalue weighted by Crippen LogP contribution is 2.46. The van der Waals surface area contributed by atoms with Gasteiger partial charge in [-0.1, -0.05) is 18.2 Å². The third-order valence-corrected chi connectivity index (χ3v) is 7.12. The quantitative estimate of drug-likeness (QED) is 0.114. The Balaban J connectivity index is 2.17. The molecule has 0 aliphatic heterocycles. The molecule has 0 heterocycles. The van der Waals surface area contributed by atoms with Crippen molar-refractivity contribution in [2.75, 3.05) is 13.1 Å². The lowest BCUT2D eigenvalue weighted by atomic mass is 9.80. The van der Waals surface area contributed by atoms with E-state index in [-0.39, 0.29) is 41.2 Å². The molecule has 0 unspecified atom stereocenters. The summed E-state index contributed by atoms with van der Waals surface area (Å²) in [5.74, 6) is 8.10. The van der Waals surface area contributed by atoms with E-state index < -0.39 is 11.9 Å². The monoisotopic (exact) mass is 512 g/mol. The van der Waals surface area contributed by atoms with Crippen LogP contribution in [0.2, 0.25) is 0 Å². The Kier molecular flexibility index (Phi) is 6.04. The summed E-state index contributed by atoms with van der Waals surface area (Å²) in [6.07, 6.45) is 0. The lowest BCUT2D eigenvalue weighted by Gasteiger charge is -2.22. The number of fused-ring (bicyclic) bond motifs is 2. The van der Waals surface area contributed by atoms with E-state index in [4.69, 9.17) is 23.3 Å². The van der Waals surface area contributed by atoms with Gasteiger partial charge in [0.15, 0.2) is 11.6 Å². The fourth-order valence-electron chi connectivity index (χ4n) is 5.64. The molecule has 0 amide bonds. The lowest BCUT2D eigenvalue weighted by molar-refractivity contribution is 0.0505. The fraction of sp³-hybridized carbons (Fsp3) is 0.143. The number of rotatable bonds is 6. The Morgan fingerprint density at radius 3 is 1.50 bits per heavy atom. The molecule has 0 aliphatic rings. The summed E-state index contributed by atoms with van der Waals surface area (Å²) in [6.45, 7) is 3.16. The minimum Gasteiger partial charge on any atom is -0.370 e. The van der Waals surface area contributed by atoms with Crippen molar-refractivity contribution in [3.63, 3.8) is 0 Å². The van der Waals surface area contributed by atoms with Gasteiger partial charge in [0.25, 0.3) is 0 Å². The molecule has 5 aromatic rings. The van der Waals surface area contributed by atoms with Crippen LogP contribution in [0.3, 0.4) is 0 Å². The smallest absolute Gasteiger partial charge is 0.357 e. The number of ketones is 2. The largest absolute Gasteiger partial charge is 0.370 e. The van der Waals surface area contributed by atoms with Gasteiger partial charge in [-0.05, 0) is 75.5 Å². The van der Waals surface area contributed by atoms with E-state index in [2.05, 4.69) is 9.68 Å². The van der Waals surface area contributed by atoms with Crippen LogP contribution in [0.4, 0.5) is 0 Å². The van der Waals surface area contributed by atoms with Crippen molar-refractivity contribution in [2.45, 2.75) is 13.8 Å². The second-order valence-electron chi connectivity index (χ2n) is 9.12. The molecule has 0 radical (unpaired) electrons. The first-order valence-corrected chi connectivity index (χ1v) is 11.7. The SMILES string of the molecule is Cc1cc(C(=O)CN)c2c(C(=O)CN)ccc3c4c(C)cc(C(=O)ON)c5c(C(=O)ON)ccc(c1c23)c54. The molecule has 38 heavy (non-hydrogen) atoms. The van der Waals surface area contributed by atoms with Crippen molar-refractivity contribution in [1.82, 2.24) is 0 Å². The van der Waals surface area contributed by atoms with Gasteiger partial charge in [0.1, 0.15) is 0 Å². The van der Waals surface area contributed by atoms with E-state index in [1.54, 1.807) is 37.3 Å². The molecule has 5 aromatic carbocycles. The third-order valence-electron chi connectivity index (χ3n) is 7.12. The highest BCUT2D eigenvalue weighted by molar-refractivity contribution is 6.39.